The van der Waals surface area contributed by atoms with Crippen LogP contribution in [-0.2, 0) is 11.3 Å². The number of carbonyl (C=O) groups excluding carboxylic acids is 1. The molecule has 15 heavy (non-hydrogen) atoms. The maximum atomic E-state index is 11.4. The molecule has 0 bridgehead atoms. The van der Waals surface area contributed by atoms with Crippen molar-refractivity contribution in [2.24, 2.45) is 5.73 Å². The van der Waals surface area contributed by atoms with Crippen LogP contribution < -0.4 is 11.1 Å². The van der Waals surface area contributed by atoms with Crippen molar-refractivity contribution in [2.75, 3.05) is 0 Å². The lowest BCUT2D eigenvalue weighted by Gasteiger charge is -2.10. The third-order valence-electron chi connectivity index (χ3n) is 2.38. The summed E-state index contributed by atoms with van der Waals surface area (Å²) in [5.74, 6) is -0.110. The number of hydrogen-bond acceptors (Lipinski definition) is 3. The number of amides is 1. The van der Waals surface area contributed by atoms with Gasteiger partial charge in [-0.2, -0.15) is 0 Å². The van der Waals surface area contributed by atoms with Crippen molar-refractivity contribution in [3.05, 3.63) is 29.6 Å². The predicted molar refractivity (Wildman–Crippen MR) is 59.1 cm³/mol. The number of nitrogens with two attached hydrogens (primary N) is 1. The van der Waals surface area contributed by atoms with Crippen molar-refractivity contribution < 1.29 is 4.79 Å². The largest absolute Gasteiger partial charge is 0.351 e. The molecule has 1 aromatic heterocycles. The highest BCUT2D eigenvalue weighted by atomic mass is 16.2. The van der Waals surface area contributed by atoms with E-state index in [2.05, 4.69) is 10.3 Å². The molecule has 0 aromatic carbocycles. The summed E-state index contributed by atoms with van der Waals surface area (Å²) in [6.45, 7) is 4.37. The predicted octanol–water partition coefficient (Wildman–Crippen LogP) is 0.744. The lowest BCUT2D eigenvalue weighted by molar-refractivity contribution is -0.122. The van der Waals surface area contributed by atoms with Gasteiger partial charge in [0, 0.05) is 18.9 Å². The minimum absolute atomic E-state index is 0.110. The fourth-order valence-corrected chi connectivity index (χ4v) is 1.18. The summed E-state index contributed by atoms with van der Waals surface area (Å²) >= 11 is 0. The van der Waals surface area contributed by atoms with Crippen LogP contribution in [0.25, 0.3) is 0 Å². The van der Waals surface area contributed by atoms with Gasteiger partial charge in [0.15, 0.2) is 0 Å². The molecule has 0 saturated carbocycles. The second kappa shape index (κ2) is 5.46. The van der Waals surface area contributed by atoms with Crippen molar-refractivity contribution in [1.29, 1.82) is 0 Å². The summed E-state index contributed by atoms with van der Waals surface area (Å²) in [7, 11) is 0. The second-order valence-electron chi connectivity index (χ2n) is 3.53. The van der Waals surface area contributed by atoms with E-state index in [1.165, 1.54) is 0 Å². The van der Waals surface area contributed by atoms with Crippen LogP contribution in [0.3, 0.4) is 0 Å². The minimum Gasteiger partial charge on any atom is -0.351 e. The summed E-state index contributed by atoms with van der Waals surface area (Å²) in [4.78, 5) is 15.4. The molecule has 0 fully saturated rings. The average Bonchev–Trinajstić information content (AvgIpc) is 2.26. The Balaban J connectivity index is 2.51. The van der Waals surface area contributed by atoms with Crippen molar-refractivity contribution in [2.45, 2.75) is 32.9 Å². The highest BCUT2D eigenvalue weighted by molar-refractivity contribution is 5.81. The van der Waals surface area contributed by atoms with Crippen LogP contribution in [0, 0.1) is 6.92 Å². The Morgan fingerprint density at radius 2 is 2.40 bits per heavy atom. The highest BCUT2D eigenvalue weighted by Crippen LogP contribution is 2.04. The molecule has 1 aromatic rings. The fourth-order valence-electron chi connectivity index (χ4n) is 1.18. The highest BCUT2D eigenvalue weighted by Gasteiger charge is 2.10. The van der Waals surface area contributed by atoms with E-state index in [1.54, 1.807) is 12.4 Å². The molecule has 0 saturated heterocycles. The van der Waals surface area contributed by atoms with E-state index in [9.17, 15) is 4.79 Å². The summed E-state index contributed by atoms with van der Waals surface area (Å²) in [5.41, 5.74) is 7.73. The standard InChI is InChI=1S/C11H17N3O/c1-3-10(12)11(15)14-7-9-6-13-5-4-8(9)2/h4-6,10H,3,7,12H2,1-2H3,(H,14,15)/t10-/m1/s1. The van der Waals surface area contributed by atoms with Crippen LogP contribution in [-0.4, -0.2) is 16.9 Å². The van der Waals surface area contributed by atoms with Crippen LogP contribution in [0.15, 0.2) is 18.5 Å². The van der Waals surface area contributed by atoms with Crippen LogP contribution in [0.4, 0.5) is 0 Å². The maximum absolute atomic E-state index is 11.4. The number of nitrogens with one attached hydrogen (secondary N) is 1. The Labute approximate surface area is 89.9 Å². The number of carbonyl (C=O) groups is 1. The SMILES string of the molecule is CC[C@@H](N)C(=O)NCc1cnccc1C. The number of aryl methyl sites for hydroxylation is 1. The Morgan fingerprint density at radius 3 is 3.00 bits per heavy atom. The monoisotopic (exact) mass is 207 g/mol. The molecule has 0 radical (unpaired) electrons. The lowest BCUT2D eigenvalue weighted by atomic mass is 10.1. The molecule has 0 aliphatic heterocycles. The van der Waals surface area contributed by atoms with Gasteiger partial charge in [-0.25, -0.2) is 0 Å². The van der Waals surface area contributed by atoms with Gasteiger partial charge in [-0.15, -0.1) is 0 Å². The first-order valence-corrected chi connectivity index (χ1v) is 5.08. The zero-order chi connectivity index (χ0) is 11.3. The molecule has 4 heteroatoms. The van der Waals surface area contributed by atoms with Gasteiger partial charge in [-0.05, 0) is 30.5 Å². The first-order chi connectivity index (χ1) is 7.15. The maximum Gasteiger partial charge on any atom is 0.237 e. The van der Waals surface area contributed by atoms with Crippen LogP contribution >= 0.6 is 0 Å². The van der Waals surface area contributed by atoms with Gasteiger partial charge in [0.05, 0.1) is 6.04 Å². The molecule has 1 amide bonds. The molecule has 0 aliphatic rings. The van der Waals surface area contributed by atoms with Gasteiger partial charge >= 0.3 is 0 Å². The van der Waals surface area contributed by atoms with Gasteiger partial charge in [-0.3, -0.25) is 9.78 Å². The molecule has 1 atom stereocenters. The summed E-state index contributed by atoms with van der Waals surface area (Å²) in [5, 5.41) is 2.79. The van der Waals surface area contributed by atoms with E-state index >= 15 is 0 Å². The third-order valence-corrected chi connectivity index (χ3v) is 2.38. The zero-order valence-electron chi connectivity index (χ0n) is 9.16. The van der Waals surface area contributed by atoms with E-state index < -0.39 is 6.04 Å². The Bertz CT molecular complexity index is 338. The number of pyridine rings is 1. The van der Waals surface area contributed by atoms with E-state index in [1.807, 2.05) is 19.9 Å². The minimum atomic E-state index is -0.415. The smallest absolute Gasteiger partial charge is 0.237 e. The van der Waals surface area contributed by atoms with Crippen molar-refractivity contribution in [1.82, 2.24) is 10.3 Å². The Morgan fingerprint density at radius 1 is 1.67 bits per heavy atom. The van der Waals surface area contributed by atoms with Gasteiger partial charge in [0.25, 0.3) is 0 Å². The second-order valence-corrected chi connectivity index (χ2v) is 3.53. The van der Waals surface area contributed by atoms with Gasteiger partial charge < -0.3 is 11.1 Å². The normalized spacial score (nSPS) is 12.2. The summed E-state index contributed by atoms with van der Waals surface area (Å²) < 4.78 is 0. The first-order valence-electron chi connectivity index (χ1n) is 5.08. The molecule has 0 spiro atoms. The van der Waals surface area contributed by atoms with Gasteiger partial charge in [-0.1, -0.05) is 6.92 Å². The van der Waals surface area contributed by atoms with Gasteiger partial charge in [0.1, 0.15) is 0 Å². The molecule has 1 rings (SSSR count). The van der Waals surface area contributed by atoms with Crippen LogP contribution in [0.5, 0.6) is 0 Å². The summed E-state index contributed by atoms with van der Waals surface area (Å²) in [6, 6.07) is 1.50. The quantitative estimate of drug-likeness (QED) is 0.765. The summed E-state index contributed by atoms with van der Waals surface area (Å²) in [6.07, 6.45) is 4.14. The molecule has 82 valence electrons. The number of hydrogen-bond donors (Lipinski definition) is 2. The van der Waals surface area contributed by atoms with E-state index in [0.29, 0.717) is 13.0 Å². The van der Waals surface area contributed by atoms with E-state index in [0.717, 1.165) is 11.1 Å². The topological polar surface area (TPSA) is 68.0 Å². The fraction of sp³-hybridized carbons (Fsp3) is 0.455. The molecule has 0 unspecified atom stereocenters. The van der Waals surface area contributed by atoms with Crippen LogP contribution in [0.2, 0.25) is 0 Å². The molecular weight excluding hydrogens is 190 g/mol. The molecule has 0 aliphatic carbocycles. The van der Waals surface area contributed by atoms with Crippen molar-refractivity contribution in [3.8, 4) is 0 Å². The van der Waals surface area contributed by atoms with E-state index in [4.69, 9.17) is 5.73 Å². The number of aromatic nitrogens is 1. The van der Waals surface area contributed by atoms with Crippen molar-refractivity contribution >= 4 is 5.91 Å². The van der Waals surface area contributed by atoms with Crippen LogP contribution in [0.1, 0.15) is 24.5 Å². The molecule has 4 nitrogen and oxygen atoms in total. The first kappa shape index (κ1) is 11.7. The number of rotatable bonds is 4. The Hall–Kier alpha value is -1.42. The third kappa shape index (κ3) is 3.32. The van der Waals surface area contributed by atoms with Crippen molar-refractivity contribution in [3.63, 3.8) is 0 Å². The lowest BCUT2D eigenvalue weighted by Crippen LogP contribution is -2.39. The average molecular weight is 207 g/mol. The number of nitrogens with zero attached hydrogens (tertiary/aromatic N) is 1. The molecular formula is C11H17N3O. The van der Waals surface area contributed by atoms with Gasteiger partial charge in [0.2, 0.25) is 5.91 Å². The zero-order valence-corrected chi connectivity index (χ0v) is 9.16. The van der Waals surface area contributed by atoms with E-state index in [-0.39, 0.29) is 5.91 Å². The Kier molecular flexibility index (Phi) is 4.24. The molecule has 1 heterocycles. The molecule has 3 N–H and O–H groups in total.